The van der Waals surface area contributed by atoms with E-state index in [-0.39, 0.29) is 0 Å². The number of benzene rings is 1. The van der Waals surface area contributed by atoms with Gasteiger partial charge in [0, 0.05) is 6.92 Å². The van der Waals surface area contributed by atoms with Gasteiger partial charge in [-0.1, -0.05) is 23.8 Å². The van der Waals surface area contributed by atoms with Crippen LogP contribution in [0.15, 0.2) is 18.2 Å². The molecule has 0 fully saturated rings. The molecule has 0 aliphatic carbocycles. The first-order valence-corrected chi connectivity index (χ1v) is 5.60. The van der Waals surface area contributed by atoms with Crippen LogP contribution >= 0.6 is 0 Å². The second-order valence-electron chi connectivity index (χ2n) is 4.43. The maximum Gasteiger partial charge on any atom is 0.391 e. The maximum atomic E-state index is 12.5. The molecule has 1 rings (SSSR count). The van der Waals surface area contributed by atoms with Crippen LogP contribution in [-0.2, 0) is 4.79 Å². The molecule has 0 aromatic heterocycles. The van der Waals surface area contributed by atoms with E-state index in [2.05, 4.69) is 5.32 Å². The summed E-state index contributed by atoms with van der Waals surface area (Å²) >= 11 is 0. The predicted octanol–water partition coefficient (Wildman–Crippen LogP) is 3.43. The summed E-state index contributed by atoms with van der Waals surface area (Å²) in [6.07, 6.45) is -5.37. The van der Waals surface area contributed by atoms with Crippen LogP contribution in [0.25, 0.3) is 0 Å². The predicted molar refractivity (Wildman–Crippen MR) is 63.1 cm³/mol. The zero-order valence-electron chi connectivity index (χ0n) is 10.6. The number of halogens is 3. The van der Waals surface area contributed by atoms with Gasteiger partial charge in [-0.15, -0.1) is 0 Å². The molecule has 1 unspecified atom stereocenters. The van der Waals surface area contributed by atoms with Crippen molar-refractivity contribution in [3.63, 3.8) is 0 Å². The third-order valence-electron chi connectivity index (χ3n) is 2.61. The van der Waals surface area contributed by atoms with Gasteiger partial charge < -0.3 is 5.32 Å². The van der Waals surface area contributed by atoms with Gasteiger partial charge in [0.05, 0.1) is 12.5 Å². The molecule has 0 bridgehead atoms. The van der Waals surface area contributed by atoms with Crippen molar-refractivity contribution in [1.82, 2.24) is 5.32 Å². The van der Waals surface area contributed by atoms with Gasteiger partial charge in [-0.3, -0.25) is 4.79 Å². The number of alkyl halides is 3. The lowest BCUT2D eigenvalue weighted by molar-refractivity contribution is -0.142. The summed E-state index contributed by atoms with van der Waals surface area (Å²) in [7, 11) is 0. The fourth-order valence-corrected chi connectivity index (χ4v) is 1.93. The Balaban J connectivity index is 3.05. The SMILES string of the molecule is CC(=O)NC(CC(F)(F)F)c1ccc(C)cc1C. The first-order chi connectivity index (χ1) is 8.19. The number of hydrogen-bond acceptors (Lipinski definition) is 1. The maximum absolute atomic E-state index is 12.5. The second kappa shape index (κ2) is 5.42. The standard InChI is InChI=1S/C13H16F3NO/c1-8-4-5-11(9(2)6-8)12(17-10(3)18)7-13(14,15)16/h4-6,12H,7H2,1-3H3,(H,17,18). The number of nitrogens with one attached hydrogen (secondary N) is 1. The van der Waals surface area contributed by atoms with E-state index >= 15 is 0 Å². The van der Waals surface area contributed by atoms with E-state index in [9.17, 15) is 18.0 Å². The van der Waals surface area contributed by atoms with Gasteiger partial charge in [0.15, 0.2) is 0 Å². The summed E-state index contributed by atoms with van der Waals surface area (Å²) in [6.45, 7) is 4.83. The molecule has 1 N–H and O–H groups in total. The van der Waals surface area contributed by atoms with E-state index in [0.29, 0.717) is 5.56 Å². The highest BCUT2D eigenvalue weighted by Crippen LogP contribution is 2.31. The topological polar surface area (TPSA) is 29.1 Å². The molecule has 0 saturated carbocycles. The van der Waals surface area contributed by atoms with Gasteiger partial charge in [0.25, 0.3) is 0 Å². The van der Waals surface area contributed by atoms with Gasteiger partial charge in [0.2, 0.25) is 5.91 Å². The number of aryl methyl sites for hydroxylation is 2. The van der Waals surface area contributed by atoms with Crippen molar-refractivity contribution >= 4 is 5.91 Å². The Labute approximate surface area is 104 Å². The molecule has 0 spiro atoms. The molecule has 18 heavy (non-hydrogen) atoms. The number of amides is 1. The second-order valence-corrected chi connectivity index (χ2v) is 4.43. The molecule has 0 aliphatic rings. The van der Waals surface area contributed by atoms with Crippen molar-refractivity contribution in [3.8, 4) is 0 Å². The molecule has 2 nitrogen and oxygen atoms in total. The Morgan fingerprint density at radius 2 is 1.94 bits per heavy atom. The van der Waals surface area contributed by atoms with Crippen molar-refractivity contribution in [2.75, 3.05) is 0 Å². The van der Waals surface area contributed by atoms with Crippen molar-refractivity contribution < 1.29 is 18.0 Å². The molecule has 1 atom stereocenters. The fraction of sp³-hybridized carbons (Fsp3) is 0.462. The van der Waals surface area contributed by atoms with Crippen molar-refractivity contribution in [1.29, 1.82) is 0 Å². The minimum atomic E-state index is -4.32. The van der Waals surface area contributed by atoms with E-state index in [1.54, 1.807) is 25.1 Å². The van der Waals surface area contributed by atoms with Gasteiger partial charge >= 0.3 is 6.18 Å². The van der Waals surface area contributed by atoms with Crippen molar-refractivity contribution in [2.45, 2.75) is 39.4 Å². The molecule has 1 aromatic carbocycles. The third kappa shape index (κ3) is 4.39. The van der Waals surface area contributed by atoms with Gasteiger partial charge in [-0.2, -0.15) is 13.2 Å². The lowest BCUT2D eigenvalue weighted by Crippen LogP contribution is -2.30. The Morgan fingerprint density at radius 3 is 2.39 bits per heavy atom. The summed E-state index contributed by atoms with van der Waals surface area (Å²) < 4.78 is 37.5. The average molecular weight is 259 g/mol. The van der Waals surface area contributed by atoms with E-state index in [4.69, 9.17) is 0 Å². The number of carbonyl (C=O) groups is 1. The van der Waals surface area contributed by atoms with Crippen LogP contribution in [-0.4, -0.2) is 12.1 Å². The lowest BCUT2D eigenvalue weighted by Gasteiger charge is -2.22. The van der Waals surface area contributed by atoms with Crippen LogP contribution in [0, 0.1) is 13.8 Å². The molecule has 1 amide bonds. The summed E-state index contributed by atoms with van der Waals surface area (Å²) in [6, 6.07) is 4.16. The highest BCUT2D eigenvalue weighted by Gasteiger charge is 2.33. The van der Waals surface area contributed by atoms with Crippen LogP contribution in [0.4, 0.5) is 13.2 Å². The Hall–Kier alpha value is -1.52. The Morgan fingerprint density at radius 1 is 1.33 bits per heavy atom. The molecule has 0 heterocycles. The number of rotatable bonds is 3. The first-order valence-electron chi connectivity index (χ1n) is 5.60. The average Bonchev–Trinajstić information content (AvgIpc) is 2.12. The van der Waals surface area contributed by atoms with Gasteiger partial charge in [0.1, 0.15) is 0 Å². The molecule has 5 heteroatoms. The van der Waals surface area contributed by atoms with Crippen LogP contribution in [0.2, 0.25) is 0 Å². The largest absolute Gasteiger partial charge is 0.391 e. The third-order valence-corrected chi connectivity index (χ3v) is 2.61. The molecule has 0 aliphatic heterocycles. The number of carbonyl (C=O) groups excluding carboxylic acids is 1. The highest BCUT2D eigenvalue weighted by molar-refractivity contribution is 5.73. The van der Waals surface area contributed by atoms with Crippen LogP contribution < -0.4 is 5.32 Å². The van der Waals surface area contributed by atoms with Gasteiger partial charge in [-0.25, -0.2) is 0 Å². The first kappa shape index (κ1) is 14.5. The smallest absolute Gasteiger partial charge is 0.349 e. The molecular formula is C13H16F3NO. The molecule has 0 saturated heterocycles. The number of hydrogen-bond donors (Lipinski definition) is 1. The summed E-state index contributed by atoms with van der Waals surface area (Å²) in [4.78, 5) is 11.0. The lowest BCUT2D eigenvalue weighted by atomic mass is 9.97. The highest BCUT2D eigenvalue weighted by atomic mass is 19.4. The van der Waals surface area contributed by atoms with E-state index in [1.165, 1.54) is 6.92 Å². The van der Waals surface area contributed by atoms with Gasteiger partial charge in [-0.05, 0) is 25.0 Å². The zero-order valence-corrected chi connectivity index (χ0v) is 10.6. The zero-order chi connectivity index (χ0) is 13.9. The molecular weight excluding hydrogens is 243 g/mol. The van der Waals surface area contributed by atoms with E-state index < -0.39 is 24.5 Å². The minimum absolute atomic E-state index is 0.468. The minimum Gasteiger partial charge on any atom is -0.349 e. The summed E-state index contributed by atoms with van der Waals surface area (Å²) in [5, 5.41) is 2.35. The van der Waals surface area contributed by atoms with Crippen LogP contribution in [0.5, 0.6) is 0 Å². The van der Waals surface area contributed by atoms with Crippen LogP contribution in [0.1, 0.15) is 36.1 Å². The van der Waals surface area contributed by atoms with Crippen molar-refractivity contribution in [3.05, 3.63) is 34.9 Å². The monoisotopic (exact) mass is 259 g/mol. The quantitative estimate of drug-likeness (QED) is 0.885. The molecule has 1 aromatic rings. The Bertz CT molecular complexity index is 440. The summed E-state index contributed by atoms with van der Waals surface area (Å²) in [5.74, 6) is -0.468. The normalized spacial score (nSPS) is 13.2. The van der Waals surface area contributed by atoms with Crippen molar-refractivity contribution in [2.24, 2.45) is 0 Å². The molecule has 0 radical (unpaired) electrons. The summed E-state index contributed by atoms with van der Waals surface area (Å²) in [5.41, 5.74) is 2.23. The Kier molecular flexibility index (Phi) is 4.38. The molecule has 100 valence electrons. The van der Waals surface area contributed by atoms with E-state index in [0.717, 1.165) is 11.1 Å². The fourth-order valence-electron chi connectivity index (χ4n) is 1.93. The van der Waals surface area contributed by atoms with E-state index in [1.807, 2.05) is 6.92 Å². The van der Waals surface area contributed by atoms with Crippen LogP contribution in [0.3, 0.4) is 0 Å².